The van der Waals surface area contributed by atoms with Crippen LogP contribution in [0.25, 0.3) is 0 Å². The number of hydrogen-bond donors (Lipinski definition) is 2. The van der Waals surface area contributed by atoms with Crippen LogP contribution in [0.4, 0.5) is 0 Å². The monoisotopic (exact) mass is 341 g/mol. The highest BCUT2D eigenvalue weighted by Gasteiger charge is 2.10. The smallest absolute Gasteiger partial charge is 0.335 e. The fourth-order valence-electron chi connectivity index (χ4n) is 2.65. The largest absolute Gasteiger partial charge is 0.496 e. The molecule has 0 radical (unpaired) electrons. The molecule has 0 bridgehead atoms. The van der Waals surface area contributed by atoms with E-state index >= 15 is 0 Å². The fraction of sp³-hybridized carbons (Fsp3) is 0.300. The number of rotatable bonds is 8. The lowest BCUT2D eigenvalue weighted by Crippen LogP contribution is -2.26. The van der Waals surface area contributed by atoms with Gasteiger partial charge in [-0.15, -0.1) is 0 Å². The number of nitrogens with one attached hydrogen (secondary N) is 1. The van der Waals surface area contributed by atoms with Crippen LogP contribution in [0.5, 0.6) is 5.75 Å². The summed E-state index contributed by atoms with van der Waals surface area (Å²) in [6.45, 7) is 2.52. The molecule has 0 aliphatic heterocycles. The molecule has 0 fully saturated rings. The molecule has 0 saturated heterocycles. The van der Waals surface area contributed by atoms with E-state index in [0.717, 1.165) is 16.9 Å². The lowest BCUT2D eigenvalue weighted by Gasteiger charge is -2.09. The van der Waals surface area contributed by atoms with Crippen molar-refractivity contribution in [1.29, 1.82) is 0 Å². The minimum atomic E-state index is -0.968. The Bertz CT molecular complexity index is 755. The van der Waals surface area contributed by atoms with E-state index in [1.54, 1.807) is 31.4 Å². The summed E-state index contributed by atoms with van der Waals surface area (Å²) >= 11 is 0. The second-order valence-corrected chi connectivity index (χ2v) is 5.87. The number of carboxylic acid groups (broad SMARTS) is 1. The van der Waals surface area contributed by atoms with Crippen molar-refractivity contribution in [2.45, 2.75) is 26.2 Å². The average molecular weight is 341 g/mol. The van der Waals surface area contributed by atoms with E-state index in [2.05, 4.69) is 5.32 Å². The lowest BCUT2D eigenvalue weighted by atomic mass is 10.0. The molecule has 25 heavy (non-hydrogen) atoms. The van der Waals surface area contributed by atoms with Crippen LogP contribution in [0.15, 0.2) is 42.5 Å². The first-order chi connectivity index (χ1) is 12.0. The van der Waals surface area contributed by atoms with Crippen LogP contribution in [0.3, 0.4) is 0 Å². The molecule has 2 rings (SSSR count). The van der Waals surface area contributed by atoms with Crippen LogP contribution in [-0.4, -0.2) is 30.6 Å². The van der Waals surface area contributed by atoms with Crippen LogP contribution in [-0.2, 0) is 17.6 Å². The summed E-state index contributed by atoms with van der Waals surface area (Å²) in [6.07, 6.45) is 1.39. The summed E-state index contributed by atoms with van der Waals surface area (Å²) in [7, 11) is 1.64. The van der Waals surface area contributed by atoms with Crippen LogP contribution < -0.4 is 10.1 Å². The third-order valence-electron chi connectivity index (χ3n) is 4.08. The van der Waals surface area contributed by atoms with E-state index in [0.29, 0.717) is 24.9 Å². The Morgan fingerprint density at radius 3 is 2.60 bits per heavy atom. The molecular formula is C20H23NO4. The number of amides is 1. The molecule has 2 aromatic rings. The number of aryl methyl sites for hydroxylation is 2. The van der Waals surface area contributed by atoms with Gasteiger partial charge in [0.2, 0.25) is 5.91 Å². The van der Waals surface area contributed by atoms with E-state index < -0.39 is 5.97 Å². The third kappa shape index (κ3) is 5.35. The molecule has 0 saturated carbocycles. The van der Waals surface area contributed by atoms with Gasteiger partial charge in [-0.1, -0.05) is 30.3 Å². The highest BCUT2D eigenvalue weighted by atomic mass is 16.5. The first kappa shape index (κ1) is 18.5. The minimum Gasteiger partial charge on any atom is -0.496 e. The number of aromatic carboxylic acids is 1. The van der Waals surface area contributed by atoms with Crippen molar-refractivity contribution in [1.82, 2.24) is 5.32 Å². The second kappa shape index (κ2) is 8.87. The molecule has 0 aliphatic carbocycles. The Labute approximate surface area is 147 Å². The molecule has 0 spiro atoms. The Kier molecular flexibility index (Phi) is 6.57. The Balaban J connectivity index is 1.81. The predicted octanol–water partition coefficient (Wildman–Crippen LogP) is 2.99. The van der Waals surface area contributed by atoms with Crippen LogP contribution in [0.2, 0.25) is 0 Å². The van der Waals surface area contributed by atoms with Gasteiger partial charge in [0.1, 0.15) is 5.75 Å². The van der Waals surface area contributed by atoms with Gasteiger partial charge in [0, 0.05) is 13.0 Å². The first-order valence-corrected chi connectivity index (χ1v) is 8.22. The molecule has 0 unspecified atom stereocenters. The normalized spacial score (nSPS) is 10.3. The molecule has 0 aromatic heterocycles. The van der Waals surface area contributed by atoms with E-state index in [9.17, 15) is 9.59 Å². The van der Waals surface area contributed by atoms with E-state index in [4.69, 9.17) is 9.84 Å². The van der Waals surface area contributed by atoms with Crippen molar-refractivity contribution in [3.8, 4) is 5.75 Å². The maximum Gasteiger partial charge on any atom is 0.335 e. The zero-order chi connectivity index (χ0) is 18.2. The fourth-order valence-corrected chi connectivity index (χ4v) is 2.65. The number of carboxylic acids is 1. The minimum absolute atomic E-state index is 0.0840. The Hall–Kier alpha value is -2.82. The summed E-state index contributed by atoms with van der Waals surface area (Å²) in [4.78, 5) is 23.1. The lowest BCUT2D eigenvalue weighted by molar-refractivity contribution is -0.121. The molecule has 2 aromatic carbocycles. The molecule has 5 heteroatoms. The van der Waals surface area contributed by atoms with E-state index in [1.807, 2.05) is 25.1 Å². The second-order valence-electron chi connectivity index (χ2n) is 5.87. The molecule has 0 aliphatic rings. The summed E-state index contributed by atoms with van der Waals surface area (Å²) in [5, 5.41) is 12.0. The quantitative estimate of drug-likeness (QED) is 0.774. The van der Waals surface area contributed by atoms with Crippen molar-refractivity contribution >= 4 is 11.9 Å². The van der Waals surface area contributed by atoms with Gasteiger partial charge in [-0.3, -0.25) is 4.79 Å². The highest BCUT2D eigenvalue weighted by Crippen LogP contribution is 2.19. The average Bonchev–Trinajstić information content (AvgIpc) is 2.61. The van der Waals surface area contributed by atoms with Gasteiger partial charge in [0.15, 0.2) is 0 Å². The first-order valence-electron chi connectivity index (χ1n) is 8.22. The summed E-state index contributed by atoms with van der Waals surface area (Å²) in [5.41, 5.74) is 3.10. The third-order valence-corrected chi connectivity index (χ3v) is 4.08. The van der Waals surface area contributed by atoms with Crippen LogP contribution in [0, 0.1) is 6.92 Å². The molecule has 0 atom stereocenters. The molecule has 1 amide bonds. The number of hydrogen-bond acceptors (Lipinski definition) is 3. The standard InChI is InChI=1S/C20H23NO4/c1-14-7-8-15(13-18(14)25-2)11-12-21-19(22)10-9-16-5-3-4-6-17(16)20(23)24/h3-8,13H,9-12H2,1-2H3,(H,21,22)(H,23,24). The molecular weight excluding hydrogens is 318 g/mol. The topological polar surface area (TPSA) is 75.6 Å². The number of methoxy groups -OCH3 is 1. The van der Waals surface area contributed by atoms with Gasteiger partial charge >= 0.3 is 5.97 Å². The molecule has 2 N–H and O–H groups in total. The number of carbonyl (C=O) groups is 2. The SMILES string of the molecule is COc1cc(CCNC(=O)CCc2ccccc2C(=O)O)ccc1C. The zero-order valence-corrected chi connectivity index (χ0v) is 14.5. The van der Waals surface area contributed by atoms with Gasteiger partial charge in [0.05, 0.1) is 12.7 Å². The van der Waals surface area contributed by atoms with Gasteiger partial charge in [-0.25, -0.2) is 4.79 Å². The summed E-state index contributed by atoms with van der Waals surface area (Å²) in [6, 6.07) is 12.8. The van der Waals surface area contributed by atoms with Crippen molar-refractivity contribution in [2.24, 2.45) is 0 Å². The maximum atomic E-state index is 12.0. The number of carbonyl (C=O) groups excluding carboxylic acids is 1. The van der Waals surface area contributed by atoms with Crippen molar-refractivity contribution in [3.05, 3.63) is 64.7 Å². The number of ether oxygens (including phenoxy) is 1. The van der Waals surface area contributed by atoms with Crippen LogP contribution in [0.1, 0.15) is 33.5 Å². The Morgan fingerprint density at radius 1 is 1.12 bits per heavy atom. The maximum absolute atomic E-state index is 12.0. The van der Waals surface area contributed by atoms with Gasteiger partial charge < -0.3 is 15.2 Å². The number of benzene rings is 2. The highest BCUT2D eigenvalue weighted by molar-refractivity contribution is 5.89. The van der Waals surface area contributed by atoms with Gasteiger partial charge in [0.25, 0.3) is 0 Å². The predicted molar refractivity (Wildman–Crippen MR) is 96.2 cm³/mol. The molecule has 5 nitrogen and oxygen atoms in total. The van der Waals surface area contributed by atoms with E-state index in [-0.39, 0.29) is 17.9 Å². The van der Waals surface area contributed by atoms with Crippen molar-refractivity contribution < 1.29 is 19.4 Å². The van der Waals surface area contributed by atoms with Crippen LogP contribution >= 0.6 is 0 Å². The molecule has 132 valence electrons. The summed E-state index contributed by atoms with van der Waals surface area (Å²) < 4.78 is 5.30. The molecule has 0 heterocycles. The van der Waals surface area contributed by atoms with Crippen molar-refractivity contribution in [3.63, 3.8) is 0 Å². The van der Waals surface area contributed by atoms with E-state index in [1.165, 1.54) is 0 Å². The van der Waals surface area contributed by atoms with Gasteiger partial charge in [-0.2, -0.15) is 0 Å². The summed E-state index contributed by atoms with van der Waals surface area (Å²) in [5.74, 6) is -0.210. The Morgan fingerprint density at radius 2 is 1.88 bits per heavy atom. The van der Waals surface area contributed by atoms with Gasteiger partial charge in [-0.05, 0) is 48.6 Å². The zero-order valence-electron chi connectivity index (χ0n) is 14.5. The van der Waals surface area contributed by atoms with Crippen molar-refractivity contribution in [2.75, 3.05) is 13.7 Å².